The molecule has 2 fully saturated rings. The first-order valence-electron chi connectivity index (χ1n) is 6.89. The molecule has 0 aliphatic carbocycles. The van der Waals surface area contributed by atoms with Crippen LogP contribution in [0.25, 0.3) is 0 Å². The van der Waals surface area contributed by atoms with Gasteiger partial charge in [-0.25, -0.2) is 13.6 Å². The molecule has 0 saturated carbocycles. The van der Waals surface area contributed by atoms with Crippen molar-refractivity contribution in [2.45, 2.75) is 30.7 Å². The lowest BCUT2D eigenvalue weighted by Gasteiger charge is -2.32. The van der Waals surface area contributed by atoms with Gasteiger partial charge in [0.2, 0.25) is 0 Å². The van der Waals surface area contributed by atoms with Crippen LogP contribution in [0.1, 0.15) is 23.2 Å². The zero-order chi connectivity index (χ0) is 14.2. The highest BCUT2D eigenvalue weighted by Crippen LogP contribution is 2.42. The molecule has 2 aliphatic heterocycles. The van der Waals surface area contributed by atoms with Gasteiger partial charge in [0.1, 0.15) is 12.8 Å². The van der Waals surface area contributed by atoms with Crippen molar-refractivity contribution < 1.29 is 18.3 Å². The summed E-state index contributed by atoms with van der Waals surface area (Å²) in [5.74, 6) is -0.485. The number of halogens is 2. The van der Waals surface area contributed by atoms with Crippen LogP contribution in [0.15, 0.2) is 30.3 Å². The van der Waals surface area contributed by atoms with E-state index in [9.17, 15) is 13.6 Å². The summed E-state index contributed by atoms with van der Waals surface area (Å²) in [7, 11) is 0. The third-order valence-electron chi connectivity index (χ3n) is 4.36. The van der Waals surface area contributed by atoms with Crippen LogP contribution >= 0.6 is 0 Å². The average molecular weight is 281 g/mol. The third kappa shape index (κ3) is 2.10. The minimum absolute atomic E-state index is 0.0810. The van der Waals surface area contributed by atoms with E-state index in [1.807, 2.05) is 0 Å². The second kappa shape index (κ2) is 5.13. The minimum Gasteiger partial charge on any atom is -0.460 e. The molecule has 2 saturated heterocycles. The molecule has 0 amide bonds. The number of esters is 1. The van der Waals surface area contributed by atoms with Crippen molar-refractivity contribution in [2.75, 3.05) is 19.7 Å². The highest BCUT2D eigenvalue weighted by molar-refractivity contribution is 5.89. The Kier molecular flexibility index (Phi) is 3.46. The Morgan fingerprint density at radius 3 is 2.85 bits per heavy atom. The Morgan fingerprint density at radius 1 is 1.35 bits per heavy atom. The second-order valence-corrected chi connectivity index (χ2v) is 5.51. The van der Waals surface area contributed by atoms with Crippen LogP contribution in [0, 0.1) is 0 Å². The summed E-state index contributed by atoms with van der Waals surface area (Å²) < 4.78 is 33.0. The van der Waals surface area contributed by atoms with Crippen molar-refractivity contribution >= 4 is 5.97 Å². The van der Waals surface area contributed by atoms with E-state index in [1.165, 1.54) is 0 Å². The smallest absolute Gasteiger partial charge is 0.338 e. The molecule has 1 aromatic carbocycles. The summed E-state index contributed by atoms with van der Waals surface area (Å²) in [6.07, 6.45) is -1.70. The van der Waals surface area contributed by atoms with Crippen LogP contribution < -0.4 is 0 Å². The van der Waals surface area contributed by atoms with Crippen LogP contribution in [-0.4, -0.2) is 48.4 Å². The Morgan fingerprint density at radius 2 is 2.10 bits per heavy atom. The zero-order valence-electron chi connectivity index (χ0n) is 11.1. The van der Waals surface area contributed by atoms with E-state index in [2.05, 4.69) is 0 Å². The molecule has 108 valence electrons. The SMILES string of the molecule is O=C(OC[C@@]12CCCN1C[C@H](F)[C@@H]2F)c1ccccc1. The molecule has 3 nitrogen and oxygen atoms in total. The highest BCUT2D eigenvalue weighted by Gasteiger charge is 2.57. The summed E-state index contributed by atoms with van der Waals surface area (Å²) in [5.41, 5.74) is -0.525. The van der Waals surface area contributed by atoms with Gasteiger partial charge in [0.05, 0.1) is 11.1 Å². The normalized spacial score (nSPS) is 33.1. The molecule has 3 rings (SSSR count). The van der Waals surface area contributed by atoms with E-state index < -0.39 is 23.9 Å². The van der Waals surface area contributed by atoms with Gasteiger partial charge in [-0.1, -0.05) is 18.2 Å². The van der Waals surface area contributed by atoms with E-state index in [4.69, 9.17) is 4.74 Å². The topological polar surface area (TPSA) is 29.5 Å². The summed E-state index contributed by atoms with van der Waals surface area (Å²) in [6, 6.07) is 8.57. The van der Waals surface area contributed by atoms with Gasteiger partial charge in [0.25, 0.3) is 0 Å². The molecule has 2 heterocycles. The van der Waals surface area contributed by atoms with Crippen molar-refractivity contribution in [1.29, 1.82) is 0 Å². The van der Waals surface area contributed by atoms with Crippen molar-refractivity contribution in [1.82, 2.24) is 4.90 Å². The number of alkyl halides is 2. The van der Waals surface area contributed by atoms with Gasteiger partial charge in [0.15, 0.2) is 6.17 Å². The molecule has 0 aromatic heterocycles. The third-order valence-corrected chi connectivity index (χ3v) is 4.36. The van der Waals surface area contributed by atoms with Gasteiger partial charge in [-0.2, -0.15) is 0 Å². The summed E-state index contributed by atoms with van der Waals surface area (Å²) in [5, 5.41) is 0. The second-order valence-electron chi connectivity index (χ2n) is 5.51. The first-order valence-corrected chi connectivity index (χ1v) is 6.89. The maximum absolute atomic E-state index is 14.2. The lowest BCUT2D eigenvalue weighted by Crippen LogP contribution is -2.49. The predicted molar refractivity (Wildman–Crippen MR) is 70.1 cm³/mol. The van der Waals surface area contributed by atoms with E-state index in [1.54, 1.807) is 35.2 Å². The predicted octanol–water partition coefficient (Wildman–Crippen LogP) is 2.37. The average Bonchev–Trinajstić information content (AvgIpc) is 2.97. The largest absolute Gasteiger partial charge is 0.460 e. The fourth-order valence-corrected chi connectivity index (χ4v) is 3.27. The van der Waals surface area contributed by atoms with Crippen LogP contribution in [0.2, 0.25) is 0 Å². The number of hydrogen-bond acceptors (Lipinski definition) is 3. The first kappa shape index (κ1) is 13.5. The number of hydrogen-bond donors (Lipinski definition) is 0. The zero-order valence-corrected chi connectivity index (χ0v) is 11.1. The Balaban J connectivity index is 1.70. The van der Waals surface area contributed by atoms with Gasteiger partial charge < -0.3 is 4.74 Å². The fourth-order valence-electron chi connectivity index (χ4n) is 3.27. The van der Waals surface area contributed by atoms with E-state index in [-0.39, 0.29) is 13.2 Å². The molecule has 0 spiro atoms. The van der Waals surface area contributed by atoms with Gasteiger partial charge in [0, 0.05) is 6.54 Å². The Hall–Kier alpha value is -1.49. The van der Waals surface area contributed by atoms with Gasteiger partial charge in [-0.15, -0.1) is 0 Å². The molecule has 1 aromatic rings. The van der Waals surface area contributed by atoms with E-state index >= 15 is 0 Å². The van der Waals surface area contributed by atoms with E-state index in [0.29, 0.717) is 18.5 Å². The monoisotopic (exact) mass is 281 g/mol. The van der Waals surface area contributed by atoms with Crippen molar-refractivity contribution in [3.63, 3.8) is 0 Å². The standard InChI is InChI=1S/C15H17F2NO2/c16-12-9-18-8-4-7-15(18,13(12)17)10-20-14(19)11-5-2-1-3-6-11/h1-3,5-6,12-13H,4,7-10H2/t12-,13-,15+/m0/s1. The molecule has 0 bridgehead atoms. The summed E-state index contributed by atoms with van der Waals surface area (Å²) >= 11 is 0. The first-order chi connectivity index (χ1) is 9.63. The van der Waals surface area contributed by atoms with Gasteiger partial charge >= 0.3 is 5.97 Å². The molecule has 2 aliphatic rings. The van der Waals surface area contributed by atoms with Crippen molar-refractivity contribution in [3.05, 3.63) is 35.9 Å². The highest BCUT2D eigenvalue weighted by atomic mass is 19.2. The molecular weight excluding hydrogens is 264 g/mol. The lowest BCUT2D eigenvalue weighted by molar-refractivity contribution is 0.00460. The molecule has 5 heteroatoms. The molecule has 0 radical (unpaired) electrons. The maximum atomic E-state index is 14.2. The number of carbonyl (C=O) groups is 1. The van der Waals surface area contributed by atoms with Crippen LogP contribution in [0.5, 0.6) is 0 Å². The molecule has 0 N–H and O–H groups in total. The molecule has 20 heavy (non-hydrogen) atoms. The molecule has 0 unspecified atom stereocenters. The van der Waals surface area contributed by atoms with Gasteiger partial charge in [-0.05, 0) is 31.5 Å². The molecule has 3 atom stereocenters. The number of benzene rings is 1. The summed E-state index contributed by atoms with van der Waals surface area (Å²) in [4.78, 5) is 13.7. The van der Waals surface area contributed by atoms with Crippen LogP contribution in [-0.2, 0) is 4.74 Å². The van der Waals surface area contributed by atoms with E-state index in [0.717, 1.165) is 6.42 Å². The number of carbonyl (C=O) groups excluding carboxylic acids is 1. The van der Waals surface area contributed by atoms with Gasteiger partial charge in [-0.3, -0.25) is 4.90 Å². The maximum Gasteiger partial charge on any atom is 0.338 e. The van der Waals surface area contributed by atoms with Crippen LogP contribution in [0.4, 0.5) is 8.78 Å². The Labute approximate surface area is 116 Å². The lowest BCUT2D eigenvalue weighted by atomic mass is 9.93. The molecular formula is C15H17F2NO2. The van der Waals surface area contributed by atoms with Crippen LogP contribution in [0.3, 0.4) is 0 Å². The van der Waals surface area contributed by atoms with Crippen molar-refractivity contribution in [2.24, 2.45) is 0 Å². The number of rotatable bonds is 3. The number of ether oxygens (including phenoxy) is 1. The quantitative estimate of drug-likeness (QED) is 0.797. The minimum atomic E-state index is -1.58. The van der Waals surface area contributed by atoms with Crippen molar-refractivity contribution in [3.8, 4) is 0 Å². The fraction of sp³-hybridized carbons (Fsp3) is 0.533. The number of nitrogens with zero attached hydrogens (tertiary/aromatic N) is 1. The summed E-state index contributed by atoms with van der Waals surface area (Å²) in [6.45, 7) is 0.691. The Bertz CT molecular complexity index is 492. The number of fused-ring (bicyclic) bond motifs is 1.